The maximum absolute atomic E-state index is 13.7. The van der Waals surface area contributed by atoms with Gasteiger partial charge in [0.1, 0.15) is 16.8 Å². The van der Waals surface area contributed by atoms with Gasteiger partial charge in [-0.15, -0.1) is 0 Å². The number of alkyl halides is 6. The summed E-state index contributed by atoms with van der Waals surface area (Å²) in [7, 11) is -5.10. The first-order valence-corrected chi connectivity index (χ1v) is 19.6. The third-order valence-electron chi connectivity index (χ3n) is 7.87. The molecule has 0 saturated carbocycles. The van der Waals surface area contributed by atoms with E-state index in [0.29, 0.717) is 13.1 Å². The highest BCUT2D eigenvalue weighted by Gasteiger charge is 2.40. The maximum Gasteiger partial charge on any atom is 0.417 e. The van der Waals surface area contributed by atoms with Crippen molar-refractivity contribution in [3.8, 4) is 0 Å². The molecule has 0 amide bonds. The maximum atomic E-state index is 13.7. The Morgan fingerprint density at radius 1 is 0.589 bits per heavy atom. The van der Waals surface area contributed by atoms with Crippen LogP contribution in [-0.4, -0.2) is 148 Å². The van der Waals surface area contributed by atoms with Gasteiger partial charge in [-0.3, -0.25) is 34.0 Å². The van der Waals surface area contributed by atoms with Gasteiger partial charge < -0.3 is 14.2 Å². The van der Waals surface area contributed by atoms with E-state index in [-0.39, 0.29) is 83.6 Å². The highest BCUT2D eigenvalue weighted by atomic mass is 32.2. The number of nitrogens with one attached hydrogen (secondary N) is 1. The molecule has 13 nitrogen and oxygen atoms in total. The van der Waals surface area contributed by atoms with Crippen LogP contribution in [0.3, 0.4) is 0 Å². The summed E-state index contributed by atoms with van der Waals surface area (Å²) < 4.78 is 126. The van der Waals surface area contributed by atoms with Crippen molar-refractivity contribution in [2.75, 3.05) is 85.1 Å². The van der Waals surface area contributed by atoms with Crippen molar-refractivity contribution in [1.29, 1.82) is 0 Å². The van der Waals surface area contributed by atoms with E-state index < -0.39 is 79.7 Å². The molecular weight excluding hydrogens is 776 g/mol. The number of esters is 3. The van der Waals surface area contributed by atoms with Gasteiger partial charge in [0.15, 0.2) is 0 Å². The van der Waals surface area contributed by atoms with Gasteiger partial charge in [0.25, 0.3) is 0 Å². The van der Waals surface area contributed by atoms with Crippen LogP contribution >= 0.6 is 0 Å². The predicted molar refractivity (Wildman–Crippen MR) is 195 cm³/mol. The molecule has 20 heteroatoms. The monoisotopic (exact) mass is 833 g/mol. The fourth-order valence-corrected chi connectivity index (χ4v) is 6.79. The quantitative estimate of drug-likeness (QED) is 0.194. The van der Waals surface area contributed by atoms with E-state index >= 15 is 0 Å². The van der Waals surface area contributed by atoms with Gasteiger partial charge in [0.05, 0.1) is 35.7 Å². The Kier molecular flexibility index (Phi) is 17.2. The Bertz CT molecular complexity index is 1540. The largest absolute Gasteiger partial charge is 0.459 e. The lowest BCUT2D eigenvalue weighted by Crippen LogP contribution is -2.50. The van der Waals surface area contributed by atoms with Crippen molar-refractivity contribution >= 4 is 27.9 Å². The topological polar surface area (TPSA) is 138 Å². The zero-order valence-electron chi connectivity index (χ0n) is 33.7. The fraction of sp³-hybridized carbons (Fsp3) is 0.750. The molecule has 1 N–H and O–H groups in total. The molecule has 0 atom stereocenters. The summed E-state index contributed by atoms with van der Waals surface area (Å²) in [6.07, 6.45) is -10.4. The molecule has 1 aliphatic heterocycles. The van der Waals surface area contributed by atoms with E-state index in [1.54, 1.807) is 77.0 Å². The van der Waals surface area contributed by atoms with Crippen LogP contribution in [0.1, 0.15) is 73.4 Å². The van der Waals surface area contributed by atoms with E-state index in [0.717, 1.165) is 0 Å². The van der Waals surface area contributed by atoms with Gasteiger partial charge in [-0.1, -0.05) is 0 Å². The molecule has 0 spiro atoms. The Hall–Kier alpha value is -3.04. The first-order chi connectivity index (χ1) is 25.3. The highest BCUT2D eigenvalue weighted by molar-refractivity contribution is 7.89. The number of hydrogen-bond acceptors (Lipinski definition) is 12. The highest BCUT2D eigenvalue weighted by Crippen LogP contribution is 2.38. The minimum Gasteiger partial charge on any atom is -0.459 e. The summed E-state index contributed by atoms with van der Waals surface area (Å²) >= 11 is 0. The van der Waals surface area contributed by atoms with Crippen molar-refractivity contribution < 1.29 is 63.4 Å². The number of halogens is 6. The van der Waals surface area contributed by atoms with Crippen LogP contribution in [0.15, 0.2) is 23.1 Å². The second-order valence-electron chi connectivity index (χ2n) is 16.5. The number of nitrogens with zero attached hydrogens (tertiary/aromatic N) is 4. The normalized spacial score (nSPS) is 17.5. The molecule has 0 unspecified atom stereocenters. The van der Waals surface area contributed by atoms with Gasteiger partial charge in [-0.2, -0.15) is 26.3 Å². The van der Waals surface area contributed by atoms with Gasteiger partial charge in [-0.05, 0) is 80.5 Å². The van der Waals surface area contributed by atoms with E-state index in [4.69, 9.17) is 14.2 Å². The molecular formula is C36H57F6N5O8S. The van der Waals surface area contributed by atoms with Crippen molar-refractivity contribution in [1.82, 2.24) is 24.3 Å². The summed E-state index contributed by atoms with van der Waals surface area (Å²) in [5.74, 6) is -1.51. The van der Waals surface area contributed by atoms with Gasteiger partial charge in [0, 0.05) is 65.4 Å². The molecule has 1 aromatic carbocycles. The zero-order valence-corrected chi connectivity index (χ0v) is 34.5. The zero-order chi connectivity index (χ0) is 42.9. The van der Waals surface area contributed by atoms with Gasteiger partial charge in [-0.25, -0.2) is 13.1 Å². The van der Waals surface area contributed by atoms with Crippen molar-refractivity contribution in [3.05, 3.63) is 29.3 Å². The molecule has 1 heterocycles. The molecule has 1 fully saturated rings. The van der Waals surface area contributed by atoms with Gasteiger partial charge in [0.2, 0.25) is 10.0 Å². The van der Waals surface area contributed by atoms with Crippen molar-refractivity contribution in [3.63, 3.8) is 0 Å². The van der Waals surface area contributed by atoms with E-state index in [1.807, 2.05) is 9.62 Å². The number of hydrogen-bond donors (Lipinski definition) is 1. The minimum absolute atomic E-state index is 0.0450. The molecule has 56 heavy (non-hydrogen) atoms. The van der Waals surface area contributed by atoms with Crippen molar-refractivity contribution in [2.24, 2.45) is 0 Å². The van der Waals surface area contributed by atoms with Crippen LogP contribution in [0.2, 0.25) is 0 Å². The average Bonchev–Trinajstić information content (AvgIpc) is 2.98. The SMILES string of the molecule is CC(C)(C)OC(=O)CN1CCN(CCNS(=O)(=O)c2cc(C(F)(F)F)ccc2C(F)(F)F)CCN(CC(=O)OC(C)(C)C)CCN(CC(=O)OC(C)(C)C)CC1. The average molecular weight is 834 g/mol. The van der Waals surface area contributed by atoms with Crippen LogP contribution in [0.25, 0.3) is 0 Å². The Morgan fingerprint density at radius 3 is 1.23 bits per heavy atom. The van der Waals surface area contributed by atoms with Crippen molar-refractivity contribution in [2.45, 2.75) is 96.4 Å². The lowest BCUT2D eigenvalue weighted by molar-refractivity contribution is -0.158. The number of benzene rings is 1. The molecule has 1 aromatic rings. The second-order valence-corrected chi connectivity index (χ2v) is 18.3. The Labute approximate surface area is 326 Å². The lowest BCUT2D eigenvalue weighted by atomic mass is 10.1. The second kappa shape index (κ2) is 19.6. The molecule has 1 saturated heterocycles. The molecule has 0 bridgehead atoms. The van der Waals surface area contributed by atoms with Crippen LogP contribution < -0.4 is 4.72 Å². The smallest absolute Gasteiger partial charge is 0.417 e. The molecule has 0 radical (unpaired) electrons. The third-order valence-corrected chi connectivity index (χ3v) is 9.37. The number of carbonyl (C=O) groups is 3. The number of carbonyl (C=O) groups excluding carboxylic acids is 3. The summed E-state index contributed by atoms with van der Waals surface area (Å²) in [4.78, 5) is 44.3. The predicted octanol–water partition coefficient (Wildman–Crippen LogP) is 4.25. The third kappa shape index (κ3) is 18.9. The summed E-state index contributed by atoms with van der Waals surface area (Å²) in [5.41, 5.74) is -5.60. The van der Waals surface area contributed by atoms with E-state index in [9.17, 15) is 49.1 Å². The molecule has 1 aliphatic rings. The summed E-state index contributed by atoms with van der Waals surface area (Å²) in [5, 5.41) is 0. The van der Waals surface area contributed by atoms with Crippen LogP contribution in [0.4, 0.5) is 26.3 Å². The Balaban J connectivity index is 2.40. The molecule has 322 valence electrons. The number of rotatable bonds is 11. The summed E-state index contributed by atoms with van der Waals surface area (Å²) in [6.45, 7) is 16.5. The van der Waals surface area contributed by atoms with Gasteiger partial charge >= 0.3 is 30.3 Å². The van der Waals surface area contributed by atoms with E-state index in [2.05, 4.69) is 0 Å². The Morgan fingerprint density at radius 2 is 0.929 bits per heavy atom. The van der Waals surface area contributed by atoms with E-state index in [1.165, 1.54) is 0 Å². The minimum atomic E-state index is -5.26. The first kappa shape index (κ1) is 49.1. The van der Waals surface area contributed by atoms with Crippen LogP contribution in [0.5, 0.6) is 0 Å². The standard InChI is InChI=1S/C36H57F6N5O8S/c1-32(2,3)53-29(48)23-45-16-14-44(13-12-43-56(51,52)28-22-26(35(37,38)39)10-11-27(28)36(40,41)42)15-17-46(24-30(49)54-33(4,5)6)19-21-47(20-18-45)25-31(50)55-34(7,8)9/h10-11,22,43H,12-21,23-25H2,1-9H3. The lowest BCUT2D eigenvalue weighted by Gasteiger charge is -2.34. The molecule has 0 aliphatic carbocycles. The van der Waals surface area contributed by atoms with Crippen LogP contribution in [-0.2, 0) is 51.0 Å². The molecule has 2 rings (SSSR count). The number of ether oxygens (including phenoxy) is 3. The fourth-order valence-electron chi connectivity index (χ4n) is 5.52. The van der Waals surface area contributed by atoms with Crippen LogP contribution in [0, 0.1) is 0 Å². The summed E-state index contributed by atoms with van der Waals surface area (Å²) in [6, 6.07) is 0.207. The number of sulfonamides is 1. The molecule has 0 aromatic heterocycles. The first-order valence-electron chi connectivity index (χ1n) is 18.2.